The molecule has 0 atom stereocenters. The highest BCUT2D eigenvalue weighted by atomic mass is 19.1. The third-order valence-corrected chi connectivity index (χ3v) is 4.81. The number of benzene rings is 2. The minimum absolute atomic E-state index is 0.00688. The number of H-pyrrole nitrogens is 1. The molecule has 0 bridgehead atoms. The average Bonchev–Trinajstić information content (AvgIpc) is 3.21. The second-order valence-electron chi connectivity index (χ2n) is 6.77. The van der Waals surface area contributed by atoms with Crippen LogP contribution in [0.4, 0.5) is 4.39 Å². The number of aliphatic hydroxyl groups excluding tert-OH is 1. The van der Waals surface area contributed by atoms with Gasteiger partial charge >= 0.3 is 0 Å². The molecule has 0 unspecified atom stereocenters. The number of nitrogens with zero attached hydrogens (tertiary/aromatic N) is 1. The topological polar surface area (TPSA) is 88.6 Å². The predicted octanol–water partition coefficient (Wildman–Crippen LogP) is 2.86. The fourth-order valence-corrected chi connectivity index (χ4v) is 3.30. The van der Waals surface area contributed by atoms with Crippen LogP contribution in [-0.4, -0.2) is 45.8 Å². The predicted molar refractivity (Wildman–Crippen MR) is 110 cm³/mol. The van der Waals surface area contributed by atoms with Crippen molar-refractivity contribution in [2.75, 3.05) is 19.7 Å². The van der Waals surface area contributed by atoms with Crippen molar-refractivity contribution in [3.05, 3.63) is 77.2 Å². The van der Waals surface area contributed by atoms with Crippen molar-refractivity contribution in [2.45, 2.75) is 13.0 Å². The van der Waals surface area contributed by atoms with Crippen LogP contribution in [0.25, 0.3) is 17.0 Å². The normalized spacial score (nSPS) is 11.6. The number of amides is 1. The Balaban J connectivity index is 1.67. The van der Waals surface area contributed by atoms with E-state index >= 15 is 0 Å². The molecule has 2 aromatic carbocycles. The maximum Gasteiger partial charge on any atom is 0.267 e. The van der Waals surface area contributed by atoms with Gasteiger partial charge in [-0.05, 0) is 41.8 Å². The number of carbonyl (C=O) groups is 1. The van der Waals surface area contributed by atoms with Crippen molar-refractivity contribution in [1.29, 1.82) is 0 Å². The summed E-state index contributed by atoms with van der Waals surface area (Å²) in [6.45, 7) is 1.49. The lowest BCUT2D eigenvalue weighted by Gasteiger charge is -2.22. The molecular formula is C22H24FN3O3. The molecular weight excluding hydrogens is 373 g/mol. The fourth-order valence-electron chi connectivity index (χ4n) is 3.30. The van der Waals surface area contributed by atoms with E-state index in [1.54, 1.807) is 12.1 Å². The molecule has 1 heterocycles. The van der Waals surface area contributed by atoms with E-state index in [2.05, 4.69) is 11.1 Å². The molecule has 4 N–H and O–H groups in total. The molecule has 0 spiro atoms. The molecule has 0 aliphatic rings. The zero-order valence-corrected chi connectivity index (χ0v) is 15.9. The van der Waals surface area contributed by atoms with Crippen LogP contribution >= 0.6 is 0 Å². The average molecular weight is 397 g/mol. The zero-order chi connectivity index (χ0) is 20.6. The summed E-state index contributed by atoms with van der Waals surface area (Å²) in [4.78, 5) is 16.2. The third-order valence-electron chi connectivity index (χ3n) is 4.81. The Morgan fingerprint density at radius 1 is 1.17 bits per heavy atom. The van der Waals surface area contributed by atoms with Gasteiger partial charge in [-0.1, -0.05) is 24.3 Å². The maximum atomic E-state index is 14.5. The molecule has 3 rings (SSSR count). The van der Waals surface area contributed by atoms with Gasteiger partial charge in [0.05, 0.1) is 6.61 Å². The lowest BCUT2D eigenvalue weighted by atomic mass is 10.1. The third kappa shape index (κ3) is 5.51. The van der Waals surface area contributed by atoms with Crippen molar-refractivity contribution >= 4 is 22.9 Å². The molecule has 152 valence electrons. The smallest absolute Gasteiger partial charge is 0.267 e. The molecule has 1 amide bonds. The quantitative estimate of drug-likeness (QED) is 0.254. The molecule has 0 aliphatic heterocycles. The van der Waals surface area contributed by atoms with Gasteiger partial charge in [0, 0.05) is 48.4 Å². The van der Waals surface area contributed by atoms with Crippen molar-refractivity contribution in [3.8, 4) is 0 Å². The number of aliphatic hydroxyl groups is 1. The second kappa shape index (κ2) is 9.97. The van der Waals surface area contributed by atoms with Crippen LogP contribution in [0.2, 0.25) is 0 Å². The lowest BCUT2D eigenvalue weighted by molar-refractivity contribution is -0.124. The van der Waals surface area contributed by atoms with Crippen LogP contribution in [0.15, 0.2) is 54.7 Å². The number of hydrogen-bond donors (Lipinski definition) is 4. The number of hydroxylamine groups is 1. The van der Waals surface area contributed by atoms with Gasteiger partial charge in [-0.25, -0.2) is 9.87 Å². The summed E-state index contributed by atoms with van der Waals surface area (Å²) < 4.78 is 14.5. The van der Waals surface area contributed by atoms with Gasteiger partial charge in [0.1, 0.15) is 5.82 Å². The lowest BCUT2D eigenvalue weighted by Crippen LogP contribution is -2.29. The molecule has 0 aliphatic carbocycles. The maximum absolute atomic E-state index is 14.5. The van der Waals surface area contributed by atoms with E-state index in [0.29, 0.717) is 30.8 Å². The van der Waals surface area contributed by atoms with Gasteiger partial charge in [-0.3, -0.25) is 14.9 Å². The molecule has 0 saturated carbocycles. The summed E-state index contributed by atoms with van der Waals surface area (Å²) in [5.41, 5.74) is 4.81. The van der Waals surface area contributed by atoms with E-state index in [1.165, 1.54) is 28.6 Å². The van der Waals surface area contributed by atoms with Crippen LogP contribution in [-0.2, 0) is 17.8 Å². The number of carbonyl (C=O) groups excluding carboxylic acids is 1. The van der Waals surface area contributed by atoms with Crippen LogP contribution in [0.5, 0.6) is 0 Å². The van der Waals surface area contributed by atoms with E-state index in [-0.39, 0.29) is 12.4 Å². The number of hydrogen-bond acceptors (Lipinski definition) is 4. The SMILES string of the molecule is O=C(/C=C/c1ccc(CN(CCO)CCc2cccc3[nH]ccc23)c(F)c1)NO. The summed E-state index contributed by atoms with van der Waals surface area (Å²) in [7, 11) is 0. The molecule has 0 radical (unpaired) electrons. The first-order chi connectivity index (χ1) is 14.1. The molecule has 3 aromatic rings. The van der Waals surface area contributed by atoms with Gasteiger partial charge in [0.2, 0.25) is 0 Å². The Kier molecular flexibility index (Phi) is 7.13. The number of aromatic nitrogens is 1. The van der Waals surface area contributed by atoms with Crippen LogP contribution in [0.1, 0.15) is 16.7 Å². The van der Waals surface area contributed by atoms with Gasteiger partial charge in [0.15, 0.2) is 0 Å². The molecule has 1 aromatic heterocycles. The van der Waals surface area contributed by atoms with Gasteiger partial charge < -0.3 is 10.1 Å². The summed E-state index contributed by atoms with van der Waals surface area (Å²) in [5.74, 6) is -1.06. The second-order valence-corrected chi connectivity index (χ2v) is 6.77. The molecule has 6 nitrogen and oxygen atoms in total. The Labute approximate surface area is 168 Å². The van der Waals surface area contributed by atoms with E-state index in [1.807, 2.05) is 29.3 Å². The van der Waals surface area contributed by atoms with E-state index in [0.717, 1.165) is 18.0 Å². The fraction of sp³-hybridized carbons (Fsp3) is 0.227. The Hall–Kier alpha value is -3.00. The highest BCUT2D eigenvalue weighted by molar-refractivity contribution is 5.90. The zero-order valence-electron chi connectivity index (χ0n) is 15.9. The van der Waals surface area contributed by atoms with Crippen molar-refractivity contribution in [1.82, 2.24) is 15.4 Å². The molecule has 0 fully saturated rings. The monoisotopic (exact) mass is 397 g/mol. The Morgan fingerprint density at radius 2 is 2.03 bits per heavy atom. The van der Waals surface area contributed by atoms with Gasteiger partial charge in [-0.15, -0.1) is 0 Å². The highest BCUT2D eigenvalue weighted by Gasteiger charge is 2.11. The number of fused-ring (bicyclic) bond motifs is 1. The van der Waals surface area contributed by atoms with E-state index < -0.39 is 5.91 Å². The summed E-state index contributed by atoms with van der Waals surface area (Å²) in [6, 6.07) is 12.9. The van der Waals surface area contributed by atoms with Gasteiger partial charge in [0.25, 0.3) is 5.91 Å². The number of rotatable bonds is 9. The van der Waals surface area contributed by atoms with Crippen LogP contribution in [0.3, 0.4) is 0 Å². The number of halogens is 1. The molecule has 7 heteroatoms. The Morgan fingerprint density at radius 3 is 2.79 bits per heavy atom. The standard InChI is InChI=1S/C22H24FN3O3/c23-20-14-16(5-7-22(28)25-29)4-6-18(20)15-26(12-13-27)11-9-17-2-1-3-21-19(17)8-10-24-21/h1-8,10,14,24,27,29H,9,11-13,15H2,(H,25,28)/b7-5+. The van der Waals surface area contributed by atoms with E-state index in [4.69, 9.17) is 5.21 Å². The Bertz CT molecular complexity index is 1000. The largest absolute Gasteiger partial charge is 0.395 e. The number of nitrogens with one attached hydrogen (secondary N) is 2. The van der Waals surface area contributed by atoms with E-state index in [9.17, 15) is 14.3 Å². The van der Waals surface area contributed by atoms with Crippen molar-refractivity contribution < 1.29 is 19.5 Å². The minimum Gasteiger partial charge on any atom is -0.395 e. The summed E-state index contributed by atoms with van der Waals surface area (Å²) in [5, 5.41) is 19.1. The first kappa shape index (κ1) is 20.7. The van der Waals surface area contributed by atoms with Crippen LogP contribution < -0.4 is 5.48 Å². The first-order valence-corrected chi connectivity index (χ1v) is 9.39. The van der Waals surface area contributed by atoms with Gasteiger partial charge in [-0.2, -0.15) is 0 Å². The highest BCUT2D eigenvalue weighted by Crippen LogP contribution is 2.19. The summed E-state index contributed by atoms with van der Waals surface area (Å²) in [6.07, 6.45) is 5.23. The summed E-state index contributed by atoms with van der Waals surface area (Å²) >= 11 is 0. The van der Waals surface area contributed by atoms with Crippen molar-refractivity contribution in [2.24, 2.45) is 0 Å². The van der Waals surface area contributed by atoms with Crippen molar-refractivity contribution in [3.63, 3.8) is 0 Å². The number of aromatic amines is 1. The first-order valence-electron chi connectivity index (χ1n) is 9.39. The molecule has 0 saturated heterocycles. The van der Waals surface area contributed by atoms with Crippen LogP contribution in [0, 0.1) is 5.82 Å². The molecule has 29 heavy (non-hydrogen) atoms. The minimum atomic E-state index is -0.680.